The lowest BCUT2D eigenvalue weighted by Crippen LogP contribution is -2.42. The SMILES string of the molecule is CCNC(=NCC(C)(O)c1ccsc1)NCCNS(=O)(=O)c1ccccc1.I. The highest BCUT2D eigenvalue weighted by molar-refractivity contribution is 14.0. The molecular formula is C18H27IN4O3S2. The molecule has 0 aliphatic carbocycles. The second-order valence-electron chi connectivity index (χ2n) is 6.12. The van der Waals surface area contributed by atoms with Gasteiger partial charge in [-0.25, -0.2) is 18.1 Å². The van der Waals surface area contributed by atoms with Gasteiger partial charge in [0.2, 0.25) is 10.0 Å². The lowest BCUT2D eigenvalue weighted by molar-refractivity contribution is 0.0677. The summed E-state index contributed by atoms with van der Waals surface area (Å²) in [6.45, 7) is 5.07. The number of hydrogen-bond donors (Lipinski definition) is 4. The van der Waals surface area contributed by atoms with Crippen LogP contribution < -0.4 is 15.4 Å². The Balaban J connectivity index is 0.00000392. The van der Waals surface area contributed by atoms with Crippen molar-refractivity contribution in [2.45, 2.75) is 24.3 Å². The lowest BCUT2D eigenvalue weighted by atomic mass is 10.00. The minimum Gasteiger partial charge on any atom is -0.383 e. The molecule has 0 aliphatic rings. The molecule has 0 saturated carbocycles. The summed E-state index contributed by atoms with van der Waals surface area (Å²) in [5.74, 6) is 0.520. The van der Waals surface area contributed by atoms with Gasteiger partial charge in [0.1, 0.15) is 5.60 Å². The van der Waals surface area contributed by atoms with E-state index in [0.29, 0.717) is 19.0 Å². The van der Waals surface area contributed by atoms with Crippen LogP contribution >= 0.6 is 35.3 Å². The first kappa shape index (κ1) is 24.8. The predicted molar refractivity (Wildman–Crippen MR) is 125 cm³/mol. The number of nitrogens with one attached hydrogen (secondary N) is 3. The van der Waals surface area contributed by atoms with Gasteiger partial charge in [0, 0.05) is 19.6 Å². The minimum atomic E-state index is -3.52. The van der Waals surface area contributed by atoms with Crippen LogP contribution in [-0.4, -0.2) is 45.7 Å². The summed E-state index contributed by atoms with van der Waals surface area (Å²) in [5.41, 5.74) is -0.236. The Bertz CT molecular complexity index is 826. The first-order valence-corrected chi connectivity index (χ1v) is 11.1. The molecule has 0 amide bonds. The molecule has 156 valence electrons. The molecule has 0 saturated heterocycles. The lowest BCUT2D eigenvalue weighted by Gasteiger charge is -2.21. The molecule has 1 unspecified atom stereocenters. The quantitative estimate of drug-likeness (QED) is 0.170. The van der Waals surface area contributed by atoms with E-state index in [1.54, 1.807) is 37.3 Å². The number of sulfonamides is 1. The average molecular weight is 538 g/mol. The third-order valence-corrected chi connectivity index (χ3v) is 5.96. The van der Waals surface area contributed by atoms with E-state index in [9.17, 15) is 13.5 Å². The fourth-order valence-electron chi connectivity index (χ4n) is 2.29. The van der Waals surface area contributed by atoms with E-state index in [-0.39, 0.29) is 42.0 Å². The van der Waals surface area contributed by atoms with Crippen LogP contribution in [0.3, 0.4) is 0 Å². The molecule has 2 aromatic rings. The monoisotopic (exact) mass is 538 g/mol. The number of rotatable bonds is 9. The van der Waals surface area contributed by atoms with Gasteiger partial charge < -0.3 is 15.7 Å². The van der Waals surface area contributed by atoms with E-state index in [0.717, 1.165) is 5.56 Å². The third kappa shape index (κ3) is 7.66. The molecule has 2 rings (SSSR count). The van der Waals surface area contributed by atoms with Crippen molar-refractivity contribution in [3.05, 3.63) is 52.7 Å². The number of aliphatic imine (C=N–C) groups is 1. The van der Waals surface area contributed by atoms with Crippen LogP contribution in [-0.2, 0) is 15.6 Å². The van der Waals surface area contributed by atoms with Gasteiger partial charge >= 0.3 is 0 Å². The molecule has 0 aliphatic heterocycles. The van der Waals surface area contributed by atoms with E-state index in [1.807, 2.05) is 23.8 Å². The molecule has 1 heterocycles. The summed E-state index contributed by atoms with van der Waals surface area (Å²) in [5, 5.41) is 20.5. The van der Waals surface area contributed by atoms with Crippen LogP contribution in [0.4, 0.5) is 0 Å². The summed E-state index contributed by atoms with van der Waals surface area (Å²) in [7, 11) is -3.52. The number of guanidine groups is 1. The van der Waals surface area contributed by atoms with Crippen LogP contribution in [0.1, 0.15) is 19.4 Å². The normalized spacial score (nSPS) is 14.0. The number of benzene rings is 1. The van der Waals surface area contributed by atoms with Crippen LogP contribution in [0.15, 0.2) is 57.0 Å². The Morgan fingerprint density at radius 2 is 1.89 bits per heavy atom. The first-order chi connectivity index (χ1) is 12.8. The summed E-state index contributed by atoms with van der Waals surface area (Å²) < 4.78 is 26.9. The fourth-order valence-corrected chi connectivity index (χ4v) is 4.12. The third-order valence-electron chi connectivity index (χ3n) is 3.80. The van der Waals surface area contributed by atoms with E-state index >= 15 is 0 Å². The molecule has 0 fully saturated rings. The number of nitrogens with zero attached hydrogens (tertiary/aromatic N) is 1. The highest BCUT2D eigenvalue weighted by atomic mass is 127. The zero-order valence-electron chi connectivity index (χ0n) is 15.9. The van der Waals surface area contributed by atoms with Crippen molar-refractivity contribution in [3.8, 4) is 0 Å². The highest BCUT2D eigenvalue weighted by Gasteiger charge is 2.23. The van der Waals surface area contributed by atoms with E-state index < -0.39 is 15.6 Å². The molecule has 7 nitrogen and oxygen atoms in total. The van der Waals surface area contributed by atoms with Gasteiger partial charge in [-0.1, -0.05) is 18.2 Å². The molecule has 0 bridgehead atoms. The van der Waals surface area contributed by atoms with Gasteiger partial charge in [0.25, 0.3) is 0 Å². The Morgan fingerprint density at radius 3 is 2.50 bits per heavy atom. The molecular weight excluding hydrogens is 511 g/mol. The fraction of sp³-hybridized carbons (Fsp3) is 0.389. The van der Waals surface area contributed by atoms with Crippen molar-refractivity contribution in [2.75, 3.05) is 26.2 Å². The maximum absolute atomic E-state index is 12.2. The Kier molecular flexibility index (Phi) is 10.4. The molecule has 28 heavy (non-hydrogen) atoms. The molecule has 10 heteroatoms. The van der Waals surface area contributed by atoms with Crippen LogP contribution in [0.5, 0.6) is 0 Å². The summed E-state index contributed by atoms with van der Waals surface area (Å²) in [6, 6.07) is 10.1. The van der Waals surface area contributed by atoms with Crippen molar-refractivity contribution in [3.63, 3.8) is 0 Å². The van der Waals surface area contributed by atoms with E-state index in [4.69, 9.17) is 0 Å². The van der Waals surface area contributed by atoms with Crippen LogP contribution in [0.25, 0.3) is 0 Å². The zero-order valence-corrected chi connectivity index (χ0v) is 19.8. The number of aliphatic hydroxyl groups is 1. The predicted octanol–water partition coefficient (Wildman–Crippen LogP) is 2.11. The topological polar surface area (TPSA) is 103 Å². The minimum absolute atomic E-state index is 0. The van der Waals surface area contributed by atoms with Gasteiger partial charge in [-0.3, -0.25) is 0 Å². The second kappa shape index (κ2) is 11.7. The summed E-state index contributed by atoms with van der Waals surface area (Å²) in [4.78, 5) is 4.64. The molecule has 0 spiro atoms. The second-order valence-corrected chi connectivity index (χ2v) is 8.67. The maximum Gasteiger partial charge on any atom is 0.240 e. The molecule has 1 aromatic heterocycles. The van der Waals surface area contributed by atoms with Crippen molar-refractivity contribution in [2.24, 2.45) is 4.99 Å². The van der Waals surface area contributed by atoms with Gasteiger partial charge in [0.05, 0.1) is 11.4 Å². The Labute approximate surface area is 187 Å². The van der Waals surface area contributed by atoms with Gasteiger partial charge in [-0.2, -0.15) is 11.3 Å². The summed E-state index contributed by atoms with van der Waals surface area (Å²) >= 11 is 1.52. The van der Waals surface area contributed by atoms with Crippen molar-refractivity contribution in [1.29, 1.82) is 0 Å². The zero-order chi connectivity index (χ0) is 19.8. The van der Waals surface area contributed by atoms with E-state index in [2.05, 4.69) is 20.3 Å². The Morgan fingerprint density at radius 1 is 1.18 bits per heavy atom. The molecule has 1 aromatic carbocycles. The van der Waals surface area contributed by atoms with Crippen molar-refractivity contribution < 1.29 is 13.5 Å². The molecule has 4 N–H and O–H groups in total. The molecule has 0 radical (unpaired) electrons. The van der Waals surface area contributed by atoms with Gasteiger partial charge in [-0.15, -0.1) is 24.0 Å². The number of halogens is 1. The molecule has 1 atom stereocenters. The average Bonchev–Trinajstić information content (AvgIpc) is 3.20. The standard InChI is InChI=1S/C18H26N4O3S2.HI/c1-3-19-17(21-14-18(2,23)15-9-12-26-13-15)20-10-11-22-27(24,25)16-7-5-4-6-8-16;/h4-9,12-13,22-23H,3,10-11,14H2,1-2H3,(H2,19,20,21);1H. The largest absolute Gasteiger partial charge is 0.383 e. The Hall–Kier alpha value is -1.21. The number of thiophene rings is 1. The highest BCUT2D eigenvalue weighted by Crippen LogP contribution is 2.23. The summed E-state index contributed by atoms with van der Waals surface area (Å²) in [6.07, 6.45) is 0. The van der Waals surface area contributed by atoms with Crippen molar-refractivity contribution >= 4 is 51.3 Å². The van der Waals surface area contributed by atoms with Gasteiger partial charge in [-0.05, 0) is 48.4 Å². The van der Waals surface area contributed by atoms with Crippen LogP contribution in [0.2, 0.25) is 0 Å². The maximum atomic E-state index is 12.2. The first-order valence-electron chi connectivity index (χ1n) is 8.67. The number of hydrogen-bond acceptors (Lipinski definition) is 5. The van der Waals surface area contributed by atoms with Crippen molar-refractivity contribution in [1.82, 2.24) is 15.4 Å². The van der Waals surface area contributed by atoms with E-state index in [1.165, 1.54) is 11.3 Å². The van der Waals surface area contributed by atoms with Gasteiger partial charge in [0.15, 0.2) is 5.96 Å². The van der Waals surface area contributed by atoms with Crippen LogP contribution in [0, 0.1) is 0 Å². The smallest absolute Gasteiger partial charge is 0.240 e.